The first-order valence-corrected chi connectivity index (χ1v) is 10.3. The number of benzene rings is 1. The molecule has 0 aromatic heterocycles. The van der Waals surface area contributed by atoms with Crippen LogP contribution in [0.25, 0.3) is 0 Å². The summed E-state index contributed by atoms with van der Waals surface area (Å²) in [5, 5.41) is 0. The van der Waals surface area contributed by atoms with Gasteiger partial charge in [0.15, 0.2) is 0 Å². The number of hydrogen-bond acceptors (Lipinski definition) is 3. The van der Waals surface area contributed by atoms with Crippen LogP contribution in [-0.4, -0.2) is 65.8 Å². The average molecular weight is 372 g/mol. The molecule has 0 unspecified atom stereocenters. The molecular weight excluding hydrogens is 338 g/mol. The summed E-state index contributed by atoms with van der Waals surface area (Å²) in [6.45, 7) is 11.9. The number of piperazine rings is 1. The summed E-state index contributed by atoms with van der Waals surface area (Å²) in [7, 11) is 0. The van der Waals surface area contributed by atoms with E-state index in [9.17, 15) is 9.59 Å². The van der Waals surface area contributed by atoms with Crippen LogP contribution in [0.3, 0.4) is 0 Å². The second-order valence-corrected chi connectivity index (χ2v) is 8.34. The number of aryl methyl sites for hydroxylation is 1. The van der Waals surface area contributed by atoms with Crippen LogP contribution in [0.5, 0.6) is 0 Å². The number of amides is 2. The van der Waals surface area contributed by atoms with Gasteiger partial charge in [-0.3, -0.25) is 14.5 Å². The van der Waals surface area contributed by atoms with E-state index < -0.39 is 0 Å². The van der Waals surface area contributed by atoms with Gasteiger partial charge in [0.05, 0.1) is 0 Å². The lowest BCUT2D eigenvalue weighted by Gasteiger charge is -2.39. The Bertz CT molecular complexity index is 657. The molecule has 2 aliphatic heterocycles. The number of carbonyl (C=O) groups excluding carboxylic acids is 2. The molecule has 2 amide bonds. The Morgan fingerprint density at radius 1 is 1.00 bits per heavy atom. The van der Waals surface area contributed by atoms with Crippen LogP contribution in [0, 0.1) is 18.8 Å². The molecule has 1 aromatic carbocycles. The highest BCUT2D eigenvalue weighted by Crippen LogP contribution is 2.22. The molecule has 0 N–H and O–H groups in total. The fourth-order valence-corrected chi connectivity index (χ4v) is 4.17. The standard InChI is InChI=1S/C22H33N3O2/c1-17(2)21(26)24-9-7-20(8-10-24)22(27)25-13-11-23(12-14-25)16-19-6-4-5-18(3)15-19/h4-6,15,17,20H,7-14,16H2,1-3H3. The van der Waals surface area contributed by atoms with E-state index >= 15 is 0 Å². The predicted molar refractivity (Wildman–Crippen MR) is 107 cm³/mol. The van der Waals surface area contributed by atoms with E-state index in [2.05, 4.69) is 36.1 Å². The molecule has 0 bridgehead atoms. The Morgan fingerprint density at radius 3 is 2.26 bits per heavy atom. The van der Waals surface area contributed by atoms with Gasteiger partial charge in [-0.25, -0.2) is 0 Å². The lowest BCUT2D eigenvalue weighted by Crippen LogP contribution is -2.51. The molecule has 2 heterocycles. The van der Waals surface area contributed by atoms with Crippen molar-refractivity contribution in [3.63, 3.8) is 0 Å². The van der Waals surface area contributed by atoms with Crippen molar-refractivity contribution >= 4 is 11.8 Å². The fourth-order valence-electron chi connectivity index (χ4n) is 4.17. The molecule has 2 saturated heterocycles. The van der Waals surface area contributed by atoms with Gasteiger partial charge in [0.2, 0.25) is 11.8 Å². The molecule has 2 fully saturated rings. The number of hydrogen-bond donors (Lipinski definition) is 0. The highest BCUT2D eigenvalue weighted by Gasteiger charge is 2.32. The molecule has 0 atom stereocenters. The number of carbonyl (C=O) groups is 2. The third kappa shape index (κ3) is 5.10. The first kappa shape index (κ1) is 19.9. The van der Waals surface area contributed by atoms with E-state index in [1.54, 1.807) is 0 Å². The summed E-state index contributed by atoms with van der Waals surface area (Å²) < 4.78 is 0. The summed E-state index contributed by atoms with van der Waals surface area (Å²) in [5.41, 5.74) is 2.64. The van der Waals surface area contributed by atoms with Gasteiger partial charge in [0.1, 0.15) is 0 Å². The van der Waals surface area contributed by atoms with Crippen molar-refractivity contribution in [2.24, 2.45) is 11.8 Å². The normalized spacial score (nSPS) is 19.6. The van der Waals surface area contributed by atoms with Crippen LogP contribution in [0.2, 0.25) is 0 Å². The van der Waals surface area contributed by atoms with Crippen molar-refractivity contribution in [1.82, 2.24) is 14.7 Å². The number of rotatable bonds is 4. The van der Waals surface area contributed by atoms with Gasteiger partial charge in [-0.05, 0) is 25.3 Å². The van der Waals surface area contributed by atoms with Gasteiger partial charge in [-0.15, -0.1) is 0 Å². The minimum absolute atomic E-state index is 0.0405. The van der Waals surface area contributed by atoms with Crippen LogP contribution >= 0.6 is 0 Å². The topological polar surface area (TPSA) is 43.9 Å². The van der Waals surface area contributed by atoms with Gasteiger partial charge in [0, 0.05) is 57.6 Å². The van der Waals surface area contributed by atoms with E-state index in [-0.39, 0.29) is 17.7 Å². The molecular formula is C22H33N3O2. The van der Waals surface area contributed by atoms with Crippen LogP contribution in [0.4, 0.5) is 0 Å². The first-order valence-electron chi connectivity index (χ1n) is 10.3. The van der Waals surface area contributed by atoms with Crippen LogP contribution in [0.1, 0.15) is 37.8 Å². The Labute approximate surface area is 163 Å². The molecule has 5 heteroatoms. The number of piperidine rings is 1. The molecule has 3 rings (SSSR count). The van der Waals surface area contributed by atoms with Gasteiger partial charge < -0.3 is 9.80 Å². The summed E-state index contributed by atoms with van der Waals surface area (Å²) in [6.07, 6.45) is 1.61. The van der Waals surface area contributed by atoms with Crippen molar-refractivity contribution < 1.29 is 9.59 Å². The fraction of sp³-hybridized carbons (Fsp3) is 0.636. The smallest absolute Gasteiger partial charge is 0.225 e. The van der Waals surface area contributed by atoms with E-state index in [0.29, 0.717) is 5.91 Å². The van der Waals surface area contributed by atoms with Gasteiger partial charge in [-0.1, -0.05) is 43.7 Å². The average Bonchev–Trinajstić information content (AvgIpc) is 2.67. The quantitative estimate of drug-likeness (QED) is 0.817. The highest BCUT2D eigenvalue weighted by molar-refractivity contribution is 5.81. The monoisotopic (exact) mass is 371 g/mol. The van der Waals surface area contributed by atoms with Crippen LogP contribution in [0.15, 0.2) is 24.3 Å². The lowest BCUT2D eigenvalue weighted by atomic mass is 9.94. The lowest BCUT2D eigenvalue weighted by molar-refractivity contribution is -0.143. The Morgan fingerprint density at radius 2 is 1.67 bits per heavy atom. The SMILES string of the molecule is Cc1cccc(CN2CCN(C(=O)C3CCN(C(=O)C(C)C)CC3)CC2)c1. The molecule has 27 heavy (non-hydrogen) atoms. The second-order valence-electron chi connectivity index (χ2n) is 8.34. The molecule has 0 radical (unpaired) electrons. The summed E-state index contributed by atoms with van der Waals surface area (Å²) >= 11 is 0. The molecule has 148 valence electrons. The minimum Gasteiger partial charge on any atom is -0.342 e. The van der Waals surface area contributed by atoms with E-state index in [0.717, 1.165) is 58.7 Å². The zero-order valence-corrected chi connectivity index (χ0v) is 17.0. The summed E-state index contributed by atoms with van der Waals surface area (Å²) in [6, 6.07) is 8.65. The van der Waals surface area contributed by atoms with Gasteiger partial charge in [-0.2, -0.15) is 0 Å². The summed E-state index contributed by atoms with van der Waals surface area (Å²) in [4.78, 5) is 31.4. The molecule has 2 aliphatic rings. The number of nitrogens with zero attached hydrogens (tertiary/aromatic N) is 3. The van der Waals surface area contributed by atoms with Crippen molar-refractivity contribution in [3.8, 4) is 0 Å². The van der Waals surface area contributed by atoms with Crippen molar-refractivity contribution in [1.29, 1.82) is 0 Å². The Balaban J connectivity index is 1.44. The maximum atomic E-state index is 12.9. The Kier molecular flexibility index (Phi) is 6.53. The van der Waals surface area contributed by atoms with E-state index in [4.69, 9.17) is 0 Å². The minimum atomic E-state index is 0.0405. The third-order valence-electron chi connectivity index (χ3n) is 5.82. The number of likely N-dealkylation sites (tertiary alicyclic amines) is 1. The molecule has 5 nitrogen and oxygen atoms in total. The molecule has 1 aromatic rings. The maximum Gasteiger partial charge on any atom is 0.225 e. The highest BCUT2D eigenvalue weighted by atomic mass is 16.2. The third-order valence-corrected chi connectivity index (χ3v) is 5.82. The largest absolute Gasteiger partial charge is 0.342 e. The zero-order chi connectivity index (χ0) is 19.4. The molecule has 0 spiro atoms. The molecule has 0 saturated carbocycles. The maximum absolute atomic E-state index is 12.9. The van der Waals surface area contributed by atoms with Crippen molar-refractivity contribution in [2.75, 3.05) is 39.3 Å². The van der Waals surface area contributed by atoms with Crippen LogP contribution in [-0.2, 0) is 16.1 Å². The first-order chi connectivity index (χ1) is 12.9. The van der Waals surface area contributed by atoms with Crippen molar-refractivity contribution in [3.05, 3.63) is 35.4 Å². The van der Waals surface area contributed by atoms with E-state index in [1.807, 2.05) is 23.6 Å². The van der Waals surface area contributed by atoms with Crippen molar-refractivity contribution in [2.45, 2.75) is 40.2 Å². The van der Waals surface area contributed by atoms with Gasteiger partial charge in [0.25, 0.3) is 0 Å². The summed E-state index contributed by atoms with van der Waals surface area (Å²) in [5.74, 6) is 0.635. The zero-order valence-electron chi connectivity index (χ0n) is 17.0. The van der Waals surface area contributed by atoms with E-state index in [1.165, 1.54) is 11.1 Å². The second kappa shape index (κ2) is 8.87. The Hall–Kier alpha value is -1.88. The molecule has 0 aliphatic carbocycles. The van der Waals surface area contributed by atoms with Gasteiger partial charge >= 0.3 is 0 Å². The predicted octanol–water partition coefficient (Wildman–Crippen LogP) is 2.53. The van der Waals surface area contributed by atoms with Crippen LogP contribution < -0.4 is 0 Å².